The number of hydrogen-bond donors (Lipinski definition) is 10. The zero-order valence-corrected chi connectivity index (χ0v) is 7.13. The Morgan fingerprint density at radius 2 is 1.46 bits per heavy atom. The van der Waals surface area contributed by atoms with E-state index in [9.17, 15) is 0 Å². The molecule has 0 radical (unpaired) electrons. The molecule has 0 aliphatic heterocycles. The molecule has 13 heavy (non-hydrogen) atoms. The smallest absolute Gasteiger partial charge is 0.0220 e. The van der Waals surface area contributed by atoms with Gasteiger partial charge < -0.3 is 0 Å². The first-order chi connectivity index (χ1) is 6.26. The first kappa shape index (κ1) is 12.5. The van der Waals surface area contributed by atoms with E-state index in [1.54, 1.807) is 7.05 Å². The minimum atomic E-state index is 1.24. The van der Waals surface area contributed by atoms with Crippen LogP contribution in [0.5, 0.6) is 0 Å². The molecule has 0 aromatic rings. The topological polar surface area (TPSA) is 169 Å². The summed E-state index contributed by atoms with van der Waals surface area (Å²) in [5, 5.41) is 2.60. The van der Waals surface area contributed by atoms with Crippen molar-refractivity contribution in [1.29, 1.82) is 0 Å². The van der Waals surface area contributed by atoms with E-state index in [1.807, 2.05) is 0 Å². The van der Waals surface area contributed by atoms with E-state index < -0.39 is 0 Å². The van der Waals surface area contributed by atoms with Gasteiger partial charge in [-0.2, -0.15) is 27.7 Å². The van der Waals surface area contributed by atoms with Crippen molar-refractivity contribution in [2.24, 2.45) is 17.5 Å². The highest BCUT2D eigenvalue weighted by molar-refractivity contribution is 4.25. The van der Waals surface area contributed by atoms with Gasteiger partial charge in [0.1, 0.15) is 0 Å². The third-order valence-corrected chi connectivity index (χ3v) is 0.931. The number of nitrogens with one attached hydrogen (secondary N) is 7. The van der Waals surface area contributed by atoms with Crippen LogP contribution in [-0.4, -0.2) is 17.4 Å². The highest BCUT2D eigenvalue weighted by Gasteiger charge is 2.07. The number of hydrogen-bond acceptors (Lipinski definition) is 12. The molecule has 0 amide bonds. The number of nitrogens with two attached hydrogens (primary N) is 3. The second-order valence-corrected chi connectivity index (χ2v) is 1.73. The number of rotatable bonds is 8. The molecular weight excluding hydrogens is 180 g/mol. The Morgan fingerprint density at radius 3 is 1.92 bits per heavy atom. The van der Waals surface area contributed by atoms with Crippen LogP contribution in [0.25, 0.3) is 0 Å². The fraction of sp³-hybridized carbons (Fsp3) is 1.00. The first-order valence-corrected chi connectivity index (χ1v) is 3.18. The summed E-state index contributed by atoms with van der Waals surface area (Å²) < 4.78 is 0. The predicted molar refractivity (Wildman–Crippen MR) is 44.1 cm³/mol. The van der Waals surface area contributed by atoms with Crippen LogP contribution in [0.1, 0.15) is 0 Å². The fourth-order valence-corrected chi connectivity index (χ4v) is 0.468. The van der Waals surface area contributed by atoms with Gasteiger partial charge in [0.05, 0.1) is 0 Å². The van der Waals surface area contributed by atoms with E-state index >= 15 is 0 Å². The van der Waals surface area contributed by atoms with Crippen molar-refractivity contribution in [3.05, 3.63) is 0 Å². The Labute approximate surface area is 74.8 Å². The lowest BCUT2D eigenvalue weighted by atomic mass is 11.4. The summed E-state index contributed by atoms with van der Waals surface area (Å²) in [7, 11) is 1.62. The predicted octanol–water partition coefficient (Wildman–Crippen LogP) is -5.71. The van der Waals surface area contributed by atoms with Crippen LogP contribution >= 0.6 is 0 Å². The summed E-state index contributed by atoms with van der Waals surface area (Å²) in [5.41, 5.74) is 16.3. The van der Waals surface area contributed by atoms with Gasteiger partial charge >= 0.3 is 0 Å². The molecule has 0 aromatic heterocycles. The van der Waals surface area contributed by atoms with Crippen LogP contribution in [0, 0.1) is 0 Å². The Kier molecular flexibility index (Phi) is 7.83. The van der Waals surface area contributed by atoms with E-state index in [2.05, 4.69) is 38.7 Å². The maximum absolute atomic E-state index is 5.01. The summed E-state index contributed by atoms with van der Waals surface area (Å²) >= 11 is 0. The Balaban J connectivity index is 3.75. The first-order valence-electron chi connectivity index (χ1n) is 3.18. The van der Waals surface area contributed by atoms with E-state index in [1.165, 1.54) is 10.3 Å². The van der Waals surface area contributed by atoms with Crippen molar-refractivity contribution < 1.29 is 0 Å². The third-order valence-electron chi connectivity index (χ3n) is 0.931. The summed E-state index contributed by atoms with van der Waals surface area (Å²) in [6.07, 6.45) is 0. The minimum Gasteiger partial charge on any atom is -0.257 e. The molecule has 0 saturated heterocycles. The monoisotopic (exact) mass is 196 g/mol. The Bertz CT molecular complexity index is 101. The molecule has 0 saturated carbocycles. The molecule has 0 rings (SSSR count). The second-order valence-electron chi connectivity index (χ2n) is 1.73. The lowest BCUT2D eigenvalue weighted by molar-refractivity contribution is -0.165. The van der Waals surface area contributed by atoms with Gasteiger partial charge in [-0.15, -0.1) is 16.2 Å². The van der Waals surface area contributed by atoms with Gasteiger partial charge in [-0.25, -0.2) is 0 Å². The zero-order chi connectivity index (χ0) is 10.1. The van der Waals surface area contributed by atoms with Crippen molar-refractivity contribution in [2.45, 2.75) is 0 Å². The van der Waals surface area contributed by atoms with E-state index in [4.69, 9.17) is 17.5 Å². The zero-order valence-electron chi connectivity index (χ0n) is 7.13. The van der Waals surface area contributed by atoms with E-state index in [0.717, 1.165) is 0 Å². The normalized spacial score (nSPS) is 11.5. The molecule has 0 bridgehead atoms. The summed E-state index contributed by atoms with van der Waals surface area (Å²) in [6.45, 7) is 0. The molecule has 80 valence electrons. The van der Waals surface area contributed by atoms with Gasteiger partial charge in [-0.05, 0) is 0 Å². The van der Waals surface area contributed by atoms with E-state index in [-0.39, 0.29) is 0 Å². The number of hydrazine groups is 11. The van der Waals surface area contributed by atoms with Crippen molar-refractivity contribution in [3.63, 3.8) is 0 Å². The molecular formula is CH16N12. The van der Waals surface area contributed by atoms with Gasteiger partial charge in [0.25, 0.3) is 0 Å². The second kappa shape index (κ2) is 8.13. The molecule has 0 aliphatic carbocycles. The van der Waals surface area contributed by atoms with Crippen molar-refractivity contribution in [3.8, 4) is 0 Å². The molecule has 0 unspecified atom stereocenters. The third kappa shape index (κ3) is 5.71. The van der Waals surface area contributed by atoms with Crippen LogP contribution in [0.2, 0.25) is 0 Å². The molecule has 0 aliphatic rings. The quantitative estimate of drug-likeness (QED) is 0.132. The van der Waals surface area contributed by atoms with Gasteiger partial charge in [0.2, 0.25) is 0 Å². The molecule has 0 atom stereocenters. The largest absolute Gasteiger partial charge is 0.257 e. The minimum absolute atomic E-state index is 1.24. The van der Waals surface area contributed by atoms with Crippen molar-refractivity contribution in [2.75, 3.05) is 7.05 Å². The summed E-state index contributed by atoms with van der Waals surface area (Å²) in [4.78, 5) is 0. The van der Waals surface area contributed by atoms with Crippen LogP contribution < -0.4 is 56.3 Å². The molecule has 12 nitrogen and oxygen atoms in total. The average Bonchev–Trinajstić information content (AvgIpc) is 2.12. The average molecular weight is 196 g/mol. The van der Waals surface area contributed by atoms with Gasteiger partial charge in [0, 0.05) is 7.05 Å². The van der Waals surface area contributed by atoms with Crippen LogP contribution in [0.15, 0.2) is 0 Å². The lowest BCUT2D eigenvalue weighted by Gasteiger charge is -2.30. The SMILES string of the molecule is CN(NNN)N(NNN)NNNN. The van der Waals surface area contributed by atoms with Crippen LogP contribution in [-0.2, 0) is 0 Å². The molecule has 12 heteroatoms. The van der Waals surface area contributed by atoms with Gasteiger partial charge in [-0.1, -0.05) is 5.23 Å². The van der Waals surface area contributed by atoms with Crippen LogP contribution in [0.3, 0.4) is 0 Å². The van der Waals surface area contributed by atoms with Crippen LogP contribution in [0.4, 0.5) is 0 Å². The molecule has 0 spiro atoms. The summed E-state index contributed by atoms with van der Waals surface area (Å²) in [6, 6.07) is 0. The molecule has 0 aromatic carbocycles. The lowest BCUT2D eigenvalue weighted by Crippen LogP contribution is -2.71. The van der Waals surface area contributed by atoms with Crippen molar-refractivity contribution >= 4 is 0 Å². The van der Waals surface area contributed by atoms with Gasteiger partial charge in [-0.3, -0.25) is 17.5 Å². The Morgan fingerprint density at radius 1 is 0.846 bits per heavy atom. The molecule has 0 fully saturated rings. The van der Waals surface area contributed by atoms with Crippen molar-refractivity contribution in [1.82, 2.24) is 49.1 Å². The standard InChI is InChI=1S/CH16N12/c1-12(9-6-3)13(10-7-4)11-8-5-2/h5-11H,2-4H2,1H3. The maximum atomic E-state index is 5.01. The Hall–Kier alpha value is -0.480. The van der Waals surface area contributed by atoms with E-state index in [0.29, 0.717) is 0 Å². The molecule has 0 heterocycles. The number of nitrogens with zero attached hydrogens (tertiary/aromatic N) is 2. The fourth-order valence-electron chi connectivity index (χ4n) is 0.468. The molecule has 13 N–H and O–H groups in total. The maximum Gasteiger partial charge on any atom is 0.0220 e. The van der Waals surface area contributed by atoms with Gasteiger partial charge in [0.15, 0.2) is 0 Å². The summed E-state index contributed by atoms with van der Waals surface area (Å²) in [5.74, 6) is 14.9. The highest BCUT2D eigenvalue weighted by Crippen LogP contribution is 1.72. The highest BCUT2D eigenvalue weighted by atomic mass is 16.1.